The summed E-state index contributed by atoms with van der Waals surface area (Å²) < 4.78 is 2.04. The van der Waals surface area contributed by atoms with E-state index in [1.54, 1.807) is 6.20 Å². The van der Waals surface area contributed by atoms with Gasteiger partial charge >= 0.3 is 0 Å². The van der Waals surface area contributed by atoms with Crippen molar-refractivity contribution in [1.29, 1.82) is 0 Å². The van der Waals surface area contributed by atoms with Crippen LogP contribution in [0.25, 0.3) is 16.9 Å². The summed E-state index contributed by atoms with van der Waals surface area (Å²) in [5.41, 5.74) is 2.82. The third-order valence-electron chi connectivity index (χ3n) is 5.65. The Balaban J connectivity index is 1.45. The molecule has 142 valence electrons. The Hall–Kier alpha value is -2.43. The molecule has 3 heterocycles. The van der Waals surface area contributed by atoms with Crippen LogP contribution in [0, 0.1) is 5.92 Å². The summed E-state index contributed by atoms with van der Waals surface area (Å²) in [5.74, 6) is 1.71. The van der Waals surface area contributed by atoms with E-state index in [1.807, 2.05) is 41.3 Å². The Labute approximate surface area is 161 Å². The molecule has 5 nitrogen and oxygen atoms in total. The van der Waals surface area contributed by atoms with Gasteiger partial charge < -0.3 is 9.72 Å². The molecule has 0 aromatic carbocycles. The van der Waals surface area contributed by atoms with Gasteiger partial charge in [-0.2, -0.15) is 0 Å². The first kappa shape index (κ1) is 18.0. The molecule has 0 saturated heterocycles. The predicted molar refractivity (Wildman–Crippen MR) is 110 cm³/mol. The van der Waals surface area contributed by atoms with Crippen LogP contribution in [0.5, 0.6) is 0 Å². The SMILES string of the molecule is c1cncc(-c2cn3ccnc3c(NCCC3CCCCCCCC3)n2)c1. The number of nitrogens with zero attached hydrogens (tertiary/aromatic N) is 4. The summed E-state index contributed by atoms with van der Waals surface area (Å²) in [6, 6.07) is 3.98. The summed E-state index contributed by atoms with van der Waals surface area (Å²) in [6.45, 7) is 0.955. The molecule has 1 aliphatic rings. The van der Waals surface area contributed by atoms with Crippen molar-refractivity contribution < 1.29 is 0 Å². The zero-order valence-electron chi connectivity index (χ0n) is 16.0. The van der Waals surface area contributed by atoms with Crippen LogP contribution in [-0.4, -0.2) is 25.9 Å². The monoisotopic (exact) mass is 363 g/mol. The lowest BCUT2D eigenvalue weighted by Crippen LogP contribution is -2.11. The van der Waals surface area contributed by atoms with Crippen molar-refractivity contribution in [2.75, 3.05) is 11.9 Å². The van der Waals surface area contributed by atoms with Gasteiger partial charge in [0.2, 0.25) is 0 Å². The fraction of sp³-hybridized carbons (Fsp3) is 0.500. The van der Waals surface area contributed by atoms with E-state index in [-0.39, 0.29) is 0 Å². The molecular weight excluding hydrogens is 334 g/mol. The Morgan fingerprint density at radius 1 is 1.04 bits per heavy atom. The molecule has 0 spiro atoms. The van der Waals surface area contributed by atoms with E-state index >= 15 is 0 Å². The van der Waals surface area contributed by atoms with Crippen molar-refractivity contribution in [2.45, 2.75) is 57.8 Å². The second-order valence-electron chi connectivity index (χ2n) is 7.65. The number of nitrogens with one attached hydrogen (secondary N) is 1. The van der Waals surface area contributed by atoms with E-state index in [0.29, 0.717) is 0 Å². The summed E-state index contributed by atoms with van der Waals surface area (Å²) in [4.78, 5) is 13.5. The molecule has 1 fully saturated rings. The number of imidazole rings is 1. The van der Waals surface area contributed by atoms with E-state index in [1.165, 1.54) is 57.8 Å². The largest absolute Gasteiger partial charge is 0.367 e. The average Bonchev–Trinajstić information content (AvgIpc) is 3.22. The Bertz CT molecular complexity index is 832. The molecule has 0 bridgehead atoms. The van der Waals surface area contributed by atoms with Gasteiger partial charge in [-0.1, -0.05) is 51.4 Å². The maximum Gasteiger partial charge on any atom is 0.180 e. The fourth-order valence-corrected chi connectivity index (χ4v) is 4.10. The number of hydrogen-bond donors (Lipinski definition) is 1. The fourth-order valence-electron chi connectivity index (χ4n) is 4.10. The second-order valence-corrected chi connectivity index (χ2v) is 7.65. The third kappa shape index (κ3) is 4.65. The van der Waals surface area contributed by atoms with Crippen LogP contribution in [0.4, 0.5) is 5.82 Å². The molecule has 0 atom stereocenters. The zero-order valence-corrected chi connectivity index (χ0v) is 16.0. The van der Waals surface area contributed by atoms with Crippen LogP contribution in [0.3, 0.4) is 0 Å². The topological polar surface area (TPSA) is 55.1 Å². The van der Waals surface area contributed by atoms with Gasteiger partial charge in [0, 0.05) is 43.1 Å². The molecule has 3 aromatic heterocycles. The third-order valence-corrected chi connectivity index (χ3v) is 5.65. The molecule has 27 heavy (non-hydrogen) atoms. The highest BCUT2D eigenvalue weighted by Crippen LogP contribution is 2.25. The summed E-state index contributed by atoms with van der Waals surface area (Å²) in [5, 5.41) is 3.57. The zero-order chi connectivity index (χ0) is 18.3. The Morgan fingerprint density at radius 3 is 2.63 bits per heavy atom. The highest BCUT2D eigenvalue weighted by atomic mass is 15.1. The van der Waals surface area contributed by atoms with E-state index < -0.39 is 0 Å². The van der Waals surface area contributed by atoms with Gasteiger partial charge in [-0.05, 0) is 24.5 Å². The van der Waals surface area contributed by atoms with Crippen molar-refractivity contribution in [1.82, 2.24) is 19.4 Å². The normalized spacial score (nSPS) is 16.6. The smallest absolute Gasteiger partial charge is 0.180 e. The van der Waals surface area contributed by atoms with Crippen LogP contribution >= 0.6 is 0 Å². The first-order valence-electron chi connectivity index (χ1n) is 10.4. The molecule has 1 saturated carbocycles. The second kappa shape index (κ2) is 8.98. The van der Waals surface area contributed by atoms with Crippen LogP contribution < -0.4 is 5.32 Å². The molecule has 1 N–H and O–H groups in total. The molecular formula is C22H29N5. The van der Waals surface area contributed by atoms with E-state index in [4.69, 9.17) is 4.98 Å². The van der Waals surface area contributed by atoms with Crippen LogP contribution in [0.1, 0.15) is 57.8 Å². The first-order chi connectivity index (χ1) is 13.4. The number of aromatic nitrogens is 4. The van der Waals surface area contributed by atoms with Crippen LogP contribution in [-0.2, 0) is 0 Å². The van der Waals surface area contributed by atoms with Crippen molar-refractivity contribution in [3.05, 3.63) is 43.1 Å². The van der Waals surface area contributed by atoms with Crippen molar-refractivity contribution >= 4 is 11.5 Å². The molecule has 0 radical (unpaired) electrons. The standard InChI is InChI=1S/C22H29N5/c1-2-4-6-9-18(8-5-3-1)11-13-24-21-22-25-14-15-27(22)17-20(26-21)19-10-7-12-23-16-19/h7,10,12,14-18H,1-6,8-9,11,13H2,(H,24,26). The van der Waals surface area contributed by atoms with Crippen LogP contribution in [0.15, 0.2) is 43.1 Å². The molecule has 3 aromatic rings. The predicted octanol–water partition coefficient (Wildman–Crippen LogP) is 5.34. The van der Waals surface area contributed by atoms with Gasteiger partial charge in [0.05, 0.1) is 5.69 Å². The minimum Gasteiger partial charge on any atom is -0.367 e. The molecule has 0 amide bonds. The molecule has 0 unspecified atom stereocenters. The van der Waals surface area contributed by atoms with Crippen molar-refractivity contribution in [2.24, 2.45) is 5.92 Å². The number of pyridine rings is 1. The molecule has 1 aliphatic carbocycles. The highest BCUT2D eigenvalue weighted by molar-refractivity contribution is 5.68. The maximum absolute atomic E-state index is 4.84. The summed E-state index contributed by atoms with van der Waals surface area (Å²) in [7, 11) is 0. The maximum atomic E-state index is 4.84. The van der Waals surface area contributed by atoms with Crippen molar-refractivity contribution in [3.8, 4) is 11.3 Å². The number of hydrogen-bond acceptors (Lipinski definition) is 4. The minimum absolute atomic E-state index is 0.841. The van der Waals surface area contributed by atoms with Gasteiger partial charge in [-0.25, -0.2) is 9.97 Å². The quantitative estimate of drug-likeness (QED) is 0.664. The molecule has 5 heteroatoms. The Morgan fingerprint density at radius 2 is 1.85 bits per heavy atom. The minimum atomic E-state index is 0.841. The molecule has 4 rings (SSSR count). The van der Waals surface area contributed by atoms with E-state index in [0.717, 1.165) is 35.2 Å². The summed E-state index contributed by atoms with van der Waals surface area (Å²) in [6.07, 6.45) is 21.9. The number of fused-ring (bicyclic) bond motifs is 1. The van der Waals surface area contributed by atoms with Gasteiger partial charge in [0.25, 0.3) is 0 Å². The van der Waals surface area contributed by atoms with Gasteiger partial charge in [-0.3, -0.25) is 4.98 Å². The molecule has 0 aliphatic heterocycles. The lowest BCUT2D eigenvalue weighted by molar-refractivity contribution is 0.409. The lowest BCUT2D eigenvalue weighted by Gasteiger charge is -2.17. The number of anilines is 1. The summed E-state index contributed by atoms with van der Waals surface area (Å²) >= 11 is 0. The lowest BCUT2D eigenvalue weighted by atomic mass is 9.94. The van der Waals surface area contributed by atoms with E-state index in [9.17, 15) is 0 Å². The van der Waals surface area contributed by atoms with Gasteiger partial charge in [0.15, 0.2) is 11.5 Å². The van der Waals surface area contributed by atoms with Gasteiger partial charge in [0.1, 0.15) is 0 Å². The van der Waals surface area contributed by atoms with Crippen molar-refractivity contribution in [3.63, 3.8) is 0 Å². The first-order valence-corrected chi connectivity index (χ1v) is 10.4. The number of rotatable bonds is 5. The Kier molecular flexibility index (Phi) is 5.97. The highest BCUT2D eigenvalue weighted by Gasteiger charge is 2.12. The van der Waals surface area contributed by atoms with Crippen LogP contribution in [0.2, 0.25) is 0 Å². The van der Waals surface area contributed by atoms with Gasteiger partial charge in [-0.15, -0.1) is 0 Å². The van der Waals surface area contributed by atoms with E-state index in [2.05, 4.69) is 15.3 Å². The average molecular weight is 364 g/mol.